The predicted molar refractivity (Wildman–Crippen MR) is 157 cm³/mol. The van der Waals surface area contributed by atoms with E-state index in [1.807, 2.05) is 35.5 Å². The summed E-state index contributed by atoms with van der Waals surface area (Å²) < 4.78 is 7.57. The summed E-state index contributed by atoms with van der Waals surface area (Å²) in [5, 5.41) is 7.31. The van der Waals surface area contributed by atoms with Crippen LogP contribution in [0, 0.1) is 0 Å². The summed E-state index contributed by atoms with van der Waals surface area (Å²) in [7, 11) is 1.65. The Morgan fingerprint density at radius 1 is 1.00 bits per heavy atom. The number of nitrogens with one attached hydrogen (secondary N) is 2. The van der Waals surface area contributed by atoms with E-state index in [-0.39, 0.29) is 11.9 Å². The highest BCUT2D eigenvalue weighted by Gasteiger charge is 2.27. The fraction of sp³-hybridized carbons (Fsp3) is 0.600. The molecule has 0 radical (unpaired) electrons. The second kappa shape index (κ2) is 12.0. The summed E-state index contributed by atoms with van der Waals surface area (Å²) in [6, 6.07) is 9.06. The van der Waals surface area contributed by atoms with Gasteiger partial charge < -0.3 is 30.6 Å². The van der Waals surface area contributed by atoms with Crippen molar-refractivity contribution < 1.29 is 9.53 Å². The molecule has 10 nitrogen and oxygen atoms in total. The van der Waals surface area contributed by atoms with Crippen LogP contribution in [0.4, 0.5) is 11.8 Å². The zero-order valence-corrected chi connectivity index (χ0v) is 23.5. The van der Waals surface area contributed by atoms with Gasteiger partial charge in [-0.15, -0.1) is 0 Å². The van der Waals surface area contributed by atoms with Gasteiger partial charge in [-0.1, -0.05) is 25.0 Å². The van der Waals surface area contributed by atoms with Crippen molar-refractivity contribution in [2.24, 2.45) is 5.73 Å². The molecular weight excluding hydrogens is 504 g/mol. The van der Waals surface area contributed by atoms with Crippen LogP contribution in [0.2, 0.25) is 0 Å². The lowest BCUT2D eigenvalue weighted by Gasteiger charge is -2.33. The van der Waals surface area contributed by atoms with Gasteiger partial charge in [0.25, 0.3) is 0 Å². The minimum atomic E-state index is 0.158. The van der Waals surface area contributed by atoms with Crippen molar-refractivity contribution in [3.8, 4) is 5.75 Å². The van der Waals surface area contributed by atoms with Crippen molar-refractivity contribution in [3.05, 3.63) is 36.2 Å². The summed E-state index contributed by atoms with van der Waals surface area (Å²) in [5.41, 5.74) is 8.86. The maximum Gasteiger partial charge on any atom is 0.227 e. The van der Waals surface area contributed by atoms with E-state index in [2.05, 4.69) is 15.2 Å². The summed E-state index contributed by atoms with van der Waals surface area (Å²) >= 11 is 0. The van der Waals surface area contributed by atoms with E-state index < -0.39 is 0 Å². The molecule has 1 aliphatic heterocycles. The Balaban J connectivity index is 1.15. The summed E-state index contributed by atoms with van der Waals surface area (Å²) in [6.07, 6.45) is 13.0. The number of fused-ring (bicyclic) bond motifs is 1. The van der Waals surface area contributed by atoms with Crippen molar-refractivity contribution in [2.75, 3.05) is 30.8 Å². The number of carbonyl (C=O) groups excluding carboxylic acids is 1. The predicted octanol–water partition coefficient (Wildman–Crippen LogP) is 4.28. The molecular formula is C30H42N8O2. The molecule has 6 rings (SSSR count). The van der Waals surface area contributed by atoms with E-state index in [9.17, 15) is 4.79 Å². The molecule has 1 saturated heterocycles. The van der Waals surface area contributed by atoms with E-state index in [0.717, 1.165) is 79.9 Å². The number of piperidine rings is 1. The smallest absolute Gasteiger partial charge is 0.227 e. The molecule has 0 unspecified atom stereocenters. The van der Waals surface area contributed by atoms with Crippen LogP contribution in [0.15, 0.2) is 30.6 Å². The van der Waals surface area contributed by atoms with Crippen LogP contribution in [0.5, 0.6) is 5.75 Å². The largest absolute Gasteiger partial charge is 0.497 e. The fourth-order valence-corrected chi connectivity index (χ4v) is 6.51. The minimum absolute atomic E-state index is 0.158. The average molecular weight is 547 g/mol. The Morgan fingerprint density at radius 3 is 2.50 bits per heavy atom. The van der Waals surface area contributed by atoms with Crippen LogP contribution in [-0.4, -0.2) is 68.7 Å². The number of anilines is 2. The Labute approximate surface area is 236 Å². The molecule has 3 heterocycles. The molecule has 0 bridgehead atoms. The molecule has 3 aromatic rings. The van der Waals surface area contributed by atoms with E-state index in [1.54, 1.807) is 7.11 Å². The number of likely N-dealkylation sites (tertiary alicyclic amines) is 1. The van der Waals surface area contributed by atoms with Gasteiger partial charge in [0.1, 0.15) is 5.75 Å². The lowest BCUT2D eigenvalue weighted by atomic mass is 9.92. The van der Waals surface area contributed by atoms with E-state index in [4.69, 9.17) is 25.4 Å². The standard InChI is InChI=1S/C30H42N8O2/c1-40-25-8-4-5-20(17-25)18-26(39)37-15-13-23(14-16-37)33-28-27-29(38(19-32-27)24-6-2-3-7-24)36-30(35-28)34-22-11-9-21(31)10-12-22/h4-5,8,17,19,21-24H,2-3,6-7,9-16,18,31H2,1H3,(H2,33,34,35,36)/t21-,22-. The number of hydrogen-bond donors (Lipinski definition) is 3. The van der Waals surface area contributed by atoms with E-state index in [0.29, 0.717) is 30.5 Å². The van der Waals surface area contributed by atoms with Crippen molar-refractivity contribution >= 4 is 28.8 Å². The Kier molecular flexibility index (Phi) is 8.04. The number of methoxy groups -OCH3 is 1. The first-order valence-electron chi connectivity index (χ1n) is 15.0. The number of imidazole rings is 1. The molecule has 2 aliphatic carbocycles. The first kappa shape index (κ1) is 26.8. The molecule has 214 valence electrons. The SMILES string of the molecule is COc1cccc(CC(=O)N2CCC(Nc3nc(N[C@H]4CC[C@H](N)CC4)nc4c3ncn4C3CCCC3)CC2)c1. The van der Waals surface area contributed by atoms with Gasteiger partial charge in [0.2, 0.25) is 11.9 Å². The van der Waals surface area contributed by atoms with Gasteiger partial charge in [0.05, 0.1) is 19.9 Å². The highest BCUT2D eigenvalue weighted by Crippen LogP contribution is 2.34. The molecule has 3 aliphatic rings. The highest BCUT2D eigenvalue weighted by molar-refractivity contribution is 5.84. The van der Waals surface area contributed by atoms with Gasteiger partial charge in [-0.2, -0.15) is 9.97 Å². The lowest BCUT2D eigenvalue weighted by molar-refractivity contribution is -0.131. The Morgan fingerprint density at radius 2 is 1.75 bits per heavy atom. The number of rotatable bonds is 8. The third-order valence-corrected chi connectivity index (χ3v) is 8.92. The van der Waals surface area contributed by atoms with Crippen LogP contribution in [0.25, 0.3) is 11.2 Å². The molecule has 0 spiro atoms. The van der Waals surface area contributed by atoms with E-state index in [1.165, 1.54) is 25.7 Å². The average Bonchev–Trinajstić information content (AvgIpc) is 3.65. The van der Waals surface area contributed by atoms with Crippen molar-refractivity contribution in [2.45, 2.75) is 94.8 Å². The van der Waals surface area contributed by atoms with Gasteiger partial charge in [-0.05, 0) is 69.1 Å². The zero-order valence-electron chi connectivity index (χ0n) is 23.5. The Bertz CT molecular complexity index is 1300. The molecule has 1 amide bonds. The maximum atomic E-state index is 13.0. The molecule has 2 saturated carbocycles. The van der Waals surface area contributed by atoms with Gasteiger partial charge >= 0.3 is 0 Å². The zero-order chi connectivity index (χ0) is 27.5. The van der Waals surface area contributed by atoms with Gasteiger partial charge in [-0.25, -0.2) is 4.98 Å². The number of nitrogens with two attached hydrogens (primary N) is 1. The number of benzene rings is 1. The molecule has 2 aromatic heterocycles. The van der Waals surface area contributed by atoms with Crippen LogP contribution in [-0.2, 0) is 11.2 Å². The van der Waals surface area contributed by atoms with Crippen molar-refractivity contribution in [3.63, 3.8) is 0 Å². The highest BCUT2D eigenvalue weighted by atomic mass is 16.5. The van der Waals surface area contributed by atoms with Gasteiger partial charge in [-0.3, -0.25) is 4.79 Å². The molecule has 4 N–H and O–H groups in total. The second-order valence-corrected chi connectivity index (χ2v) is 11.7. The normalized spacial score (nSPS) is 22.5. The fourth-order valence-electron chi connectivity index (χ4n) is 6.51. The number of hydrogen-bond acceptors (Lipinski definition) is 8. The molecule has 1 aromatic carbocycles. The summed E-state index contributed by atoms with van der Waals surface area (Å²) in [5.74, 6) is 2.39. The van der Waals surface area contributed by atoms with E-state index >= 15 is 0 Å². The molecule has 3 fully saturated rings. The molecule has 10 heteroatoms. The molecule has 0 atom stereocenters. The van der Waals surface area contributed by atoms with Crippen LogP contribution >= 0.6 is 0 Å². The van der Waals surface area contributed by atoms with Crippen LogP contribution in [0.1, 0.15) is 75.8 Å². The number of ether oxygens (including phenoxy) is 1. The first-order chi connectivity index (χ1) is 19.6. The second-order valence-electron chi connectivity index (χ2n) is 11.7. The number of amides is 1. The Hall–Kier alpha value is -3.40. The topological polar surface area (TPSA) is 123 Å². The number of aromatic nitrogens is 4. The minimum Gasteiger partial charge on any atom is -0.497 e. The maximum absolute atomic E-state index is 13.0. The quantitative estimate of drug-likeness (QED) is 0.383. The summed E-state index contributed by atoms with van der Waals surface area (Å²) in [4.78, 5) is 29.7. The van der Waals surface area contributed by atoms with Crippen LogP contribution in [0.3, 0.4) is 0 Å². The lowest BCUT2D eigenvalue weighted by Crippen LogP contribution is -2.43. The van der Waals surface area contributed by atoms with Gasteiger partial charge in [0.15, 0.2) is 17.0 Å². The third kappa shape index (κ3) is 6.01. The number of nitrogens with zero attached hydrogens (tertiary/aromatic N) is 5. The first-order valence-corrected chi connectivity index (χ1v) is 15.0. The number of carbonyl (C=O) groups is 1. The van der Waals surface area contributed by atoms with Crippen molar-refractivity contribution in [1.29, 1.82) is 0 Å². The van der Waals surface area contributed by atoms with Crippen LogP contribution < -0.4 is 21.1 Å². The molecule has 40 heavy (non-hydrogen) atoms. The third-order valence-electron chi connectivity index (χ3n) is 8.92. The monoisotopic (exact) mass is 546 g/mol. The van der Waals surface area contributed by atoms with Gasteiger partial charge in [0, 0.05) is 37.3 Å². The summed E-state index contributed by atoms with van der Waals surface area (Å²) in [6.45, 7) is 1.44. The van der Waals surface area contributed by atoms with Crippen molar-refractivity contribution in [1.82, 2.24) is 24.4 Å².